The van der Waals surface area contributed by atoms with Crippen LogP contribution in [-0.2, 0) is 4.79 Å². The first kappa shape index (κ1) is 14.4. The molecule has 0 saturated carbocycles. The third kappa shape index (κ3) is 3.97. The lowest BCUT2D eigenvalue weighted by Gasteiger charge is -1.99. The first-order chi connectivity index (χ1) is 8.56. The Morgan fingerprint density at radius 1 is 1.44 bits per heavy atom. The average Bonchev–Trinajstić information content (AvgIpc) is 2.31. The van der Waals surface area contributed by atoms with Crippen molar-refractivity contribution >= 4 is 23.2 Å². The van der Waals surface area contributed by atoms with Crippen molar-refractivity contribution in [3.63, 3.8) is 0 Å². The molecule has 0 saturated heterocycles. The third-order valence-corrected chi connectivity index (χ3v) is 2.81. The van der Waals surface area contributed by atoms with Gasteiger partial charge in [0.2, 0.25) is 0 Å². The van der Waals surface area contributed by atoms with E-state index in [0.717, 1.165) is 17.8 Å². The van der Waals surface area contributed by atoms with Crippen LogP contribution in [0.15, 0.2) is 12.1 Å². The molecule has 0 amide bonds. The lowest BCUT2D eigenvalue weighted by molar-refractivity contribution is -0.109. The zero-order valence-corrected chi connectivity index (χ0v) is 10.4. The Labute approximate surface area is 108 Å². The van der Waals surface area contributed by atoms with Crippen LogP contribution in [0, 0.1) is 23.5 Å². The van der Waals surface area contributed by atoms with E-state index in [1.54, 1.807) is 0 Å². The highest BCUT2D eigenvalue weighted by molar-refractivity contribution is 8.13. The van der Waals surface area contributed by atoms with E-state index in [1.165, 1.54) is 13.0 Å². The number of hydrogen-bond donors (Lipinski definition) is 0. The molecule has 0 heterocycles. The highest BCUT2D eigenvalue weighted by Gasteiger charge is 2.11. The Morgan fingerprint density at radius 2 is 2.17 bits per heavy atom. The number of rotatable bonds is 3. The highest BCUT2D eigenvalue weighted by Crippen LogP contribution is 2.14. The van der Waals surface area contributed by atoms with E-state index in [4.69, 9.17) is 0 Å². The van der Waals surface area contributed by atoms with Crippen LogP contribution in [0.1, 0.15) is 29.3 Å². The van der Waals surface area contributed by atoms with Gasteiger partial charge in [0, 0.05) is 19.1 Å². The van der Waals surface area contributed by atoms with Gasteiger partial charge < -0.3 is 0 Å². The molecule has 0 N–H and O–H groups in total. The maximum Gasteiger partial charge on any atom is 0.185 e. The van der Waals surface area contributed by atoms with E-state index in [2.05, 4.69) is 11.8 Å². The summed E-state index contributed by atoms with van der Waals surface area (Å²) < 4.78 is 26.5. The fourth-order valence-corrected chi connectivity index (χ4v) is 1.67. The molecule has 94 valence electrons. The van der Waals surface area contributed by atoms with Crippen LogP contribution in [0.25, 0.3) is 0 Å². The molecule has 0 radical (unpaired) electrons. The van der Waals surface area contributed by atoms with Crippen molar-refractivity contribution in [2.24, 2.45) is 0 Å². The van der Waals surface area contributed by atoms with Crippen LogP contribution in [0.4, 0.5) is 8.78 Å². The maximum atomic E-state index is 13.5. The lowest BCUT2D eigenvalue weighted by atomic mass is 10.1. The first-order valence-corrected chi connectivity index (χ1v) is 6.10. The van der Waals surface area contributed by atoms with Crippen molar-refractivity contribution in [1.29, 1.82) is 0 Å². The van der Waals surface area contributed by atoms with E-state index in [0.29, 0.717) is 12.2 Å². The topological polar surface area (TPSA) is 34.1 Å². The van der Waals surface area contributed by atoms with Crippen molar-refractivity contribution in [1.82, 2.24) is 0 Å². The van der Waals surface area contributed by atoms with Crippen molar-refractivity contribution in [3.05, 3.63) is 34.9 Å². The van der Waals surface area contributed by atoms with Crippen LogP contribution in [-0.4, -0.2) is 17.2 Å². The normalized spacial score (nSPS) is 9.50. The van der Waals surface area contributed by atoms with E-state index in [1.807, 2.05) is 0 Å². The first-order valence-electron chi connectivity index (χ1n) is 5.11. The third-order valence-electron chi connectivity index (χ3n) is 2.00. The summed E-state index contributed by atoms with van der Waals surface area (Å²) in [4.78, 5) is 21.1. The van der Waals surface area contributed by atoms with Gasteiger partial charge in [0.05, 0.1) is 11.1 Å². The van der Waals surface area contributed by atoms with Crippen LogP contribution in [0.3, 0.4) is 0 Å². The standard InChI is InChI=1S/C13H10F2O2S/c1-9(17)18-7-3-2-4-10-5-6-12(14)11(8-16)13(10)15/h5-6,8H,3,7H2,1H3. The fraction of sp³-hybridized carbons (Fsp3) is 0.231. The number of halogens is 2. The molecule has 5 heteroatoms. The molecule has 1 aromatic rings. The number of carbonyl (C=O) groups is 2. The van der Waals surface area contributed by atoms with Crippen LogP contribution < -0.4 is 0 Å². The second kappa shape index (κ2) is 6.92. The summed E-state index contributed by atoms with van der Waals surface area (Å²) in [7, 11) is 0. The van der Waals surface area contributed by atoms with E-state index in [9.17, 15) is 18.4 Å². The van der Waals surface area contributed by atoms with Gasteiger partial charge in [-0.2, -0.15) is 0 Å². The molecular weight excluding hydrogens is 258 g/mol. The summed E-state index contributed by atoms with van der Waals surface area (Å²) >= 11 is 1.13. The quantitative estimate of drug-likeness (QED) is 0.480. The van der Waals surface area contributed by atoms with Crippen molar-refractivity contribution in [2.75, 3.05) is 5.75 Å². The number of hydrogen-bond acceptors (Lipinski definition) is 3. The molecular formula is C13H10F2O2S. The monoisotopic (exact) mass is 268 g/mol. The van der Waals surface area contributed by atoms with Gasteiger partial charge in [0.25, 0.3) is 0 Å². The molecule has 0 bridgehead atoms. The molecule has 1 rings (SSSR count). The molecule has 0 unspecified atom stereocenters. The number of benzene rings is 1. The van der Waals surface area contributed by atoms with Crippen LogP contribution >= 0.6 is 11.8 Å². The van der Waals surface area contributed by atoms with Gasteiger partial charge >= 0.3 is 0 Å². The second-order valence-corrected chi connectivity index (χ2v) is 4.60. The van der Waals surface area contributed by atoms with Crippen LogP contribution in [0.2, 0.25) is 0 Å². The Morgan fingerprint density at radius 3 is 2.78 bits per heavy atom. The molecule has 0 aromatic heterocycles. The summed E-state index contributed by atoms with van der Waals surface area (Å²) in [6, 6.07) is 2.18. The van der Waals surface area contributed by atoms with E-state index < -0.39 is 17.2 Å². The molecule has 0 aliphatic carbocycles. The SMILES string of the molecule is CC(=O)SCCC#Cc1ccc(F)c(C=O)c1F. The van der Waals surface area contributed by atoms with E-state index >= 15 is 0 Å². The van der Waals surface area contributed by atoms with Gasteiger partial charge in [0.15, 0.2) is 17.2 Å². The van der Waals surface area contributed by atoms with Crippen molar-refractivity contribution < 1.29 is 18.4 Å². The summed E-state index contributed by atoms with van der Waals surface area (Å²) in [6.45, 7) is 1.45. The highest BCUT2D eigenvalue weighted by atomic mass is 32.2. The Hall–Kier alpha value is -1.67. The summed E-state index contributed by atoms with van der Waals surface area (Å²) in [6.07, 6.45) is 0.541. The molecule has 0 spiro atoms. The van der Waals surface area contributed by atoms with Gasteiger partial charge in [0.1, 0.15) is 5.82 Å². The molecule has 2 nitrogen and oxygen atoms in total. The van der Waals surface area contributed by atoms with Gasteiger partial charge in [-0.25, -0.2) is 8.78 Å². The molecule has 0 fully saturated rings. The largest absolute Gasteiger partial charge is 0.298 e. The molecule has 18 heavy (non-hydrogen) atoms. The Kier molecular flexibility index (Phi) is 5.53. The van der Waals surface area contributed by atoms with E-state index in [-0.39, 0.29) is 17.0 Å². The van der Waals surface area contributed by atoms with Gasteiger partial charge in [-0.3, -0.25) is 9.59 Å². The summed E-state index contributed by atoms with van der Waals surface area (Å²) in [5, 5.41) is -0.00648. The smallest absolute Gasteiger partial charge is 0.185 e. The van der Waals surface area contributed by atoms with Gasteiger partial charge in [-0.1, -0.05) is 23.6 Å². The zero-order chi connectivity index (χ0) is 13.5. The zero-order valence-electron chi connectivity index (χ0n) is 9.63. The lowest BCUT2D eigenvalue weighted by Crippen LogP contribution is -1.96. The minimum absolute atomic E-state index is 0.00648. The Balaban J connectivity index is 2.77. The maximum absolute atomic E-state index is 13.5. The van der Waals surface area contributed by atoms with Crippen molar-refractivity contribution in [2.45, 2.75) is 13.3 Å². The Bertz CT molecular complexity index is 530. The second-order valence-electron chi connectivity index (χ2n) is 3.33. The number of carbonyl (C=O) groups excluding carboxylic acids is 2. The molecule has 0 atom stereocenters. The fourth-order valence-electron chi connectivity index (χ4n) is 1.18. The molecule has 1 aromatic carbocycles. The van der Waals surface area contributed by atoms with Crippen molar-refractivity contribution in [3.8, 4) is 11.8 Å². The predicted molar refractivity (Wildman–Crippen MR) is 66.4 cm³/mol. The average molecular weight is 268 g/mol. The minimum atomic E-state index is -0.947. The summed E-state index contributed by atoms with van der Waals surface area (Å²) in [5.74, 6) is 3.85. The molecule has 0 aliphatic heterocycles. The van der Waals surface area contributed by atoms with Gasteiger partial charge in [-0.15, -0.1) is 0 Å². The minimum Gasteiger partial charge on any atom is -0.298 e. The molecule has 0 aliphatic rings. The summed E-state index contributed by atoms with van der Waals surface area (Å²) in [5.41, 5.74) is -0.633. The number of aldehydes is 1. The number of thioether (sulfide) groups is 1. The predicted octanol–water partition coefficient (Wildman–Crippen LogP) is 2.80. The van der Waals surface area contributed by atoms with Crippen LogP contribution in [0.5, 0.6) is 0 Å². The van der Waals surface area contributed by atoms with Gasteiger partial charge in [-0.05, 0) is 12.1 Å².